The van der Waals surface area contributed by atoms with Gasteiger partial charge in [0.05, 0.1) is 6.54 Å². The molecule has 0 bridgehead atoms. The van der Waals surface area contributed by atoms with Gasteiger partial charge in [-0.05, 0) is 12.8 Å². The number of alkyl halides is 2. The molecule has 0 aromatic carbocycles. The molecule has 3 N–H and O–H groups in total. The van der Waals surface area contributed by atoms with Crippen LogP contribution in [0, 0.1) is 0 Å². The average molecular weight is 277 g/mol. The molecular weight excluding hydrogens is 260 g/mol. The van der Waals surface area contributed by atoms with Crippen molar-refractivity contribution in [1.82, 2.24) is 10.2 Å². The predicted molar refractivity (Wildman–Crippen MR) is 62.2 cm³/mol. The Morgan fingerprint density at radius 3 is 2.68 bits per heavy atom. The average Bonchev–Trinajstić information content (AvgIpc) is 2.32. The van der Waals surface area contributed by atoms with Crippen molar-refractivity contribution in [2.45, 2.75) is 37.6 Å². The van der Waals surface area contributed by atoms with Gasteiger partial charge in [-0.25, -0.2) is 8.78 Å². The molecule has 0 saturated carbocycles. The fraction of sp³-hybridized carbons (Fsp3) is 0.727. The van der Waals surface area contributed by atoms with Crippen molar-refractivity contribution in [3.8, 4) is 0 Å². The minimum Gasteiger partial charge on any atom is -0.368 e. The van der Waals surface area contributed by atoms with Crippen molar-refractivity contribution >= 4 is 18.2 Å². The summed E-state index contributed by atoms with van der Waals surface area (Å²) < 4.78 is 26.3. The third kappa shape index (κ3) is 4.80. The van der Waals surface area contributed by atoms with Gasteiger partial charge in [-0.15, -0.1) is 0 Å². The van der Waals surface area contributed by atoms with E-state index in [2.05, 4.69) is 5.32 Å². The first kappa shape index (κ1) is 15.3. The van der Waals surface area contributed by atoms with Crippen LogP contribution in [0.3, 0.4) is 0 Å². The lowest BCUT2D eigenvalue weighted by molar-refractivity contribution is -0.142. The van der Waals surface area contributed by atoms with Crippen LogP contribution in [-0.2, 0) is 14.4 Å². The molecule has 19 heavy (non-hydrogen) atoms. The number of piperidine rings is 1. The van der Waals surface area contributed by atoms with Crippen molar-refractivity contribution in [2.24, 2.45) is 5.73 Å². The van der Waals surface area contributed by atoms with E-state index in [1.54, 1.807) is 0 Å². The second-order valence-electron chi connectivity index (χ2n) is 4.55. The first-order valence-electron chi connectivity index (χ1n) is 6.00. The van der Waals surface area contributed by atoms with Crippen LogP contribution < -0.4 is 11.1 Å². The van der Waals surface area contributed by atoms with E-state index in [9.17, 15) is 23.2 Å². The molecule has 1 aliphatic rings. The summed E-state index contributed by atoms with van der Waals surface area (Å²) in [7, 11) is 0. The smallest absolute Gasteiger partial charge is 0.265 e. The maximum absolute atomic E-state index is 13.1. The molecular formula is C11H17F2N3O3. The van der Waals surface area contributed by atoms with Crippen molar-refractivity contribution in [3.63, 3.8) is 0 Å². The number of carbonyl (C=O) groups is 3. The zero-order chi connectivity index (χ0) is 14.5. The highest BCUT2D eigenvalue weighted by Gasteiger charge is 2.36. The number of nitrogens with zero attached hydrogens (tertiary/aromatic N) is 1. The van der Waals surface area contributed by atoms with Gasteiger partial charge in [-0.3, -0.25) is 14.4 Å². The van der Waals surface area contributed by atoms with Crippen LogP contribution in [0.25, 0.3) is 0 Å². The summed E-state index contributed by atoms with van der Waals surface area (Å²) >= 11 is 0. The summed E-state index contributed by atoms with van der Waals surface area (Å²) in [5, 5.41) is 2.18. The highest BCUT2D eigenvalue weighted by atomic mass is 19.3. The predicted octanol–water partition coefficient (Wildman–Crippen LogP) is -0.376. The molecule has 1 fully saturated rings. The molecule has 1 aliphatic heterocycles. The number of primary amides is 1. The van der Waals surface area contributed by atoms with Gasteiger partial charge in [0.25, 0.3) is 5.92 Å². The van der Waals surface area contributed by atoms with Crippen LogP contribution in [0.5, 0.6) is 0 Å². The molecule has 1 unspecified atom stereocenters. The standard InChI is InChI=1S/C11H17F2N3O3/c12-11(13)4-1-5-16(6-11)9(18)3-2-8(10(14)19)15-7-17/h7-8H,1-6H2,(H2,14,19)(H,15,17). The lowest BCUT2D eigenvalue weighted by atomic mass is 10.1. The maximum Gasteiger partial charge on any atom is 0.265 e. The van der Waals surface area contributed by atoms with E-state index in [0.717, 1.165) is 4.90 Å². The van der Waals surface area contributed by atoms with Crippen molar-refractivity contribution in [3.05, 3.63) is 0 Å². The number of amides is 3. The number of nitrogens with two attached hydrogens (primary N) is 1. The van der Waals surface area contributed by atoms with Crippen LogP contribution in [0.4, 0.5) is 8.78 Å². The fourth-order valence-corrected chi connectivity index (χ4v) is 1.99. The second-order valence-corrected chi connectivity index (χ2v) is 4.55. The van der Waals surface area contributed by atoms with Gasteiger partial charge >= 0.3 is 0 Å². The molecule has 8 heteroatoms. The highest BCUT2D eigenvalue weighted by molar-refractivity contribution is 5.83. The van der Waals surface area contributed by atoms with Gasteiger partial charge in [-0.1, -0.05) is 0 Å². The minimum absolute atomic E-state index is 0.00891. The third-order valence-corrected chi connectivity index (χ3v) is 3.01. The molecule has 1 saturated heterocycles. The molecule has 1 heterocycles. The Morgan fingerprint density at radius 2 is 2.16 bits per heavy atom. The highest BCUT2D eigenvalue weighted by Crippen LogP contribution is 2.26. The normalized spacial score (nSPS) is 19.6. The number of hydrogen-bond acceptors (Lipinski definition) is 3. The zero-order valence-electron chi connectivity index (χ0n) is 10.4. The summed E-state index contributed by atoms with van der Waals surface area (Å²) in [4.78, 5) is 34.0. The largest absolute Gasteiger partial charge is 0.368 e. The minimum atomic E-state index is -2.85. The van der Waals surface area contributed by atoms with Gasteiger partial charge in [0, 0.05) is 19.4 Å². The molecule has 0 spiro atoms. The number of halogens is 2. The van der Waals surface area contributed by atoms with Crippen LogP contribution in [0.15, 0.2) is 0 Å². The van der Waals surface area contributed by atoms with Gasteiger partial charge in [0.2, 0.25) is 18.2 Å². The number of carbonyl (C=O) groups excluding carboxylic acids is 3. The molecule has 6 nitrogen and oxygen atoms in total. The summed E-state index contributed by atoms with van der Waals surface area (Å²) in [6.07, 6.45) is 0.256. The first-order chi connectivity index (χ1) is 8.85. The SMILES string of the molecule is NC(=O)C(CCC(=O)N1CCCC(F)(F)C1)NC=O. The molecule has 1 rings (SSSR count). The summed E-state index contributed by atoms with van der Waals surface area (Å²) in [5.41, 5.74) is 5.03. The number of likely N-dealkylation sites (tertiary alicyclic amines) is 1. The molecule has 0 radical (unpaired) electrons. The summed E-state index contributed by atoms with van der Waals surface area (Å²) in [6.45, 7) is -0.301. The molecule has 1 atom stereocenters. The van der Waals surface area contributed by atoms with Crippen LogP contribution in [0.2, 0.25) is 0 Å². The van der Waals surface area contributed by atoms with Gasteiger partial charge < -0.3 is 16.0 Å². The monoisotopic (exact) mass is 277 g/mol. The Labute approximate surface area is 109 Å². The Hall–Kier alpha value is -1.73. The van der Waals surface area contributed by atoms with E-state index in [0.29, 0.717) is 6.41 Å². The van der Waals surface area contributed by atoms with Crippen LogP contribution in [-0.4, -0.2) is 48.2 Å². The van der Waals surface area contributed by atoms with E-state index >= 15 is 0 Å². The van der Waals surface area contributed by atoms with Crippen molar-refractivity contribution in [1.29, 1.82) is 0 Å². The Kier molecular flexibility index (Phi) is 5.20. The molecule has 108 valence electrons. The van der Waals surface area contributed by atoms with Crippen LogP contribution in [0.1, 0.15) is 25.7 Å². The van der Waals surface area contributed by atoms with Gasteiger partial charge in [0.1, 0.15) is 6.04 Å². The van der Waals surface area contributed by atoms with Crippen molar-refractivity contribution in [2.75, 3.05) is 13.1 Å². The van der Waals surface area contributed by atoms with E-state index in [4.69, 9.17) is 5.73 Å². The molecule has 0 aromatic rings. The number of rotatable bonds is 6. The Bertz CT molecular complexity index is 363. The third-order valence-electron chi connectivity index (χ3n) is 3.01. The molecule has 3 amide bonds. The number of hydrogen-bond donors (Lipinski definition) is 2. The zero-order valence-corrected chi connectivity index (χ0v) is 10.4. The molecule has 0 aliphatic carbocycles. The van der Waals surface area contributed by atoms with Gasteiger partial charge in [-0.2, -0.15) is 0 Å². The molecule has 0 aromatic heterocycles. The first-order valence-corrected chi connectivity index (χ1v) is 6.00. The second kappa shape index (κ2) is 6.44. The van der Waals surface area contributed by atoms with Gasteiger partial charge in [0.15, 0.2) is 0 Å². The summed E-state index contributed by atoms with van der Waals surface area (Å²) in [5.74, 6) is -4.07. The van der Waals surface area contributed by atoms with Crippen molar-refractivity contribution < 1.29 is 23.2 Å². The Balaban J connectivity index is 2.46. The van der Waals surface area contributed by atoms with E-state index in [-0.39, 0.29) is 32.2 Å². The topological polar surface area (TPSA) is 92.5 Å². The summed E-state index contributed by atoms with van der Waals surface area (Å²) in [6, 6.07) is -0.952. The van der Waals surface area contributed by atoms with E-state index < -0.39 is 30.3 Å². The fourth-order valence-electron chi connectivity index (χ4n) is 1.99. The Morgan fingerprint density at radius 1 is 1.47 bits per heavy atom. The number of nitrogens with one attached hydrogen (secondary N) is 1. The van der Waals surface area contributed by atoms with E-state index in [1.165, 1.54) is 0 Å². The quantitative estimate of drug-likeness (QED) is 0.648. The lowest BCUT2D eigenvalue weighted by Gasteiger charge is -2.32. The lowest BCUT2D eigenvalue weighted by Crippen LogP contribution is -2.46. The van der Waals surface area contributed by atoms with E-state index in [1.807, 2.05) is 0 Å². The maximum atomic E-state index is 13.1. The van der Waals surface area contributed by atoms with Crippen LogP contribution >= 0.6 is 0 Å².